The van der Waals surface area contributed by atoms with E-state index in [-0.39, 0.29) is 12.1 Å². The van der Waals surface area contributed by atoms with E-state index in [2.05, 4.69) is 32.6 Å². The van der Waals surface area contributed by atoms with Crippen molar-refractivity contribution >= 4 is 11.7 Å². The van der Waals surface area contributed by atoms with Crippen molar-refractivity contribution in [3.8, 4) is 0 Å². The molecule has 1 fully saturated rings. The predicted molar refractivity (Wildman–Crippen MR) is 99.8 cm³/mol. The molecule has 1 aliphatic rings. The number of urea groups is 1. The number of amides is 2. The van der Waals surface area contributed by atoms with Gasteiger partial charge in [-0.2, -0.15) is 4.98 Å². The van der Waals surface area contributed by atoms with Gasteiger partial charge in [0.15, 0.2) is 5.82 Å². The van der Waals surface area contributed by atoms with E-state index in [4.69, 9.17) is 4.52 Å². The summed E-state index contributed by atoms with van der Waals surface area (Å²) in [5.41, 5.74) is 0.804. The highest BCUT2D eigenvalue weighted by Gasteiger charge is 2.22. The lowest BCUT2D eigenvalue weighted by Crippen LogP contribution is -2.45. The van der Waals surface area contributed by atoms with Crippen LogP contribution in [0.25, 0.3) is 0 Å². The Morgan fingerprint density at radius 3 is 2.77 bits per heavy atom. The molecule has 1 saturated heterocycles. The van der Waals surface area contributed by atoms with Gasteiger partial charge in [-0.15, -0.1) is 0 Å². The number of para-hydroxylation sites is 1. The van der Waals surface area contributed by atoms with Crippen LogP contribution in [0, 0.1) is 0 Å². The van der Waals surface area contributed by atoms with Crippen molar-refractivity contribution in [3.63, 3.8) is 0 Å². The molecule has 2 amide bonds. The lowest BCUT2D eigenvalue weighted by atomic mass is 10.1. The van der Waals surface area contributed by atoms with Gasteiger partial charge in [0.05, 0.1) is 6.54 Å². The van der Waals surface area contributed by atoms with Crippen molar-refractivity contribution in [1.82, 2.24) is 20.4 Å². The van der Waals surface area contributed by atoms with Gasteiger partial charge < -0.3 is 15.2 Å². The molecule has 0 unspecified atom stereocenters. The van der Waals surface area contributed by atoms with E-state index in [1.807, 2.05) is 30.3 Å². The maximum Gasteiger partial charge on any atom is 0.319 e. The number of rotatable bonds is 7. The van der Waals surface area contributed by atoms with Crippen LogP contribution in [0.4, 0.5) is 10.5 Å². The van der Waals surface area contributed by atoms with Gasteiger partial charge in [-0.1, -0.05) is 36.7 Å². The van der Waals surface area contributed by atoms with E-state index in [1.54, 1.807) is 0 Å². The molecular formula is C19H27N5O2. The molecule has 0 bridgehead atoms. The molecule has 26 heavy (non-hydrogen) atoms. The molecule has 0 spiro atoms. The Morgan fingerprint density at radius 2 is 2.04 bits per heavy atom. The number of aryl methyl sites for hydroxylation is 1. The summed E-state index contributed by atoms with van der Waals surface area (Å²) in [4.78, 5) is 18.8. The minimum Gasteiger partial charge on any atom is -0.339 e. The minimum absolute atomic E-state index is 0.145. The second-order valence-corrected chi connectivity index (χ2v) is 6.72. The van der Waals surface area contributed by atoms with Gasteiger partial charge in [-0.3, -0.25) is 4.90 Å². The molecule has 2 aromatic rings. The number of unbranched alkanes of at least 4 members (excludes halogenated alkanes) is 1. The molecule has 7 nitrogen and oxygen atoms in total. The Kier molecular flexibility index (Phi) is 6.60. The number of carbonyl (C=O) groups is 1. The van der Waals surface area contributed by atoms with Crippen LogP contribution in [0.3, 0.4) is 0 Å². The molecule has 0 radical (unpaired) electrons. The molecule has 1 aliphatic heterocycles. The van der Waals surface area contributed by atoms with E-state index in [0.717, 1.165) is 62.6 Å². The maximum absolute atomic E-state index is 12.1. The zero-order valence-corrected chi connectivity index (χ0v) is 15.3. The maximum atomic E-state index is 12.1. The molecule has 2 heterocycles. The number of carbonyl (C=O) groups excluding carboxylic acids is 1. The summed E-state index contributed by atoms with van der Waals surface area (Å²) < 4.78 is 5.29. The van der Waals surface area contributed by atoms with Crippen LogP contribution >= 0.6 is 0 Å². The Morgan fingerprint density at radius 1 is 1.27 bits per heavy atom. The number of anilines is 1. The largest absolute Gasteiger partial charge is 0.339 e. The molecule has 0 aliphatic carbocycles. The SMILES string of the molecule is CCCCc1nc(CN2CCC(NC(=O)Nc3ccccc3)CC2)no1. The van der Waals surface area contributed by atoms with Crippen LogP contribution in [0.5, 0.6) is 0 Å². The van der Waals surface area contributed by atoms with Gasteiger partial charge in [0.1, 0.15) is 0 Å². The van der Waals surface area contributed by atoms with Crippen molar-refractivity contribution in [3.05, 3.63) is 42.0 Å². The standard InChI is InChI=1S/C19H27N5O2/c1-2-3-9-18-22-17(23-26-18)14-24-12-10-16(11-13-24)21-19(25)20-15-7-5-4-6-8-15/h4-8,16H,2-3,9-14H2,1H3,(H2,20,21,25). The van der Waals surface area contributed by atoms with E-state index in [1.165, 1.54) is 0 Å². The fourth-order valence-corrected chi connectivity index (χ4v) is 3.09. The van der Waals surface area contributed by atoms with Gasteiger partial charge >= 0.3 is 6.03 Å². The second-order valence-electron chi connectivity index (χ2n) is 6.72. The van der Waals surface area contributed by atoms with Crippen LogP contribution in [0.1, 0.15) is 44.3 Å². The lowest BCUT2D eigenvalue weighted by Gasteiger charge is -2.31. The minimum atomic E-state index is -0.145. The quantitative estimate of drug-likeness (QED) is 0.795. The monoisotopic (exact) mass is 357 g/mol. The highest BCUT2D eigenvalue weighted by molar-refractivity contribution is 5.89. The summed E-state index contributed by atoms with van der Waals surface area (Å²) in [6.07, 6.45) is 4.89. The number of nitrogens with zero attached hydrogens (tertiary/aromatic N) is 3. The molecule has 7 heteroatoms. The number of nitrogens with one attached hydrogen (secondary N) is 2. The first-order valence-electron chi connectivity index (χ1n) is 9.39. The summed E-state index contributed by atoms with van der Waals surface area (Å²) in [6.45, 7) is 4.68. The number of hydrogen-bond donors (Lipinski definition) is 2. The molecule has 0 saturated carbocycles. The summed E-state index contributed by atoms with van der Waals surface area (Å²) in [5, 5.41) is 9.99. The summed E-state index contributed by atoms with van der Waals surface area (Å²) >= 11 is 0. The molecule has 1 aromatic carbocycles. The van der Waals surface area contributed by atoms with E-state index in [0.29, 0.717) is 6.54 Å². The number of piperidine rings is 1. The van der Waals surface area contributed by atoms with Gasteiger partial charge in [0.2, 0.25) is 5.89 Å². The Bertz CT molecular complexity index is 680. The summed E-state index contributed by atoms with van der Waals surface area (Å²) in [6, 6.07) is 9.53. The highest BCUT2D eigenvalue weighted by Crippen LogP contribution is 2.14. The van der Waals surface area contributed by atoms with Crippen molar-refractivity contribution in [1.29, 1.82) is 0 Å². The average Bonchev–Trinajstić information content (AvgIpc) is 3.10. The number of benzene rings is 1. The third kappa shape index (κ3) is 5.56. The predicted octanol–water partition coefficient (Wildman–Crippen LogP) is 3.20. The van der Waals surface area contributed by atoms with Crippen LogP contribution in [-0.2, 0) is 13.0 Å². The normalized spacial score (nSPS) is 15.7. The molecule has 0 atom stereocenters. The van der Waals surface area contributed by atoms with Crippen LogP contribution in [0.2, 0.25) is 0 Å². The van der Waals surface area contributed by atoms with Crippen molar-refractivity contribution in [2.24, 2.45) is 0 Å². The van der Waals surface area contributed by atoms with E-state index >= 15 is 0 Å². The van der Waals surface area contributed by atoms with Crippen molar-refractivity contribution < 1.29 is 9.32 Å². The number of likely N-dealkylation sites (tertiary alicyclic amines) is 1. The van der Waals surface area contributed by atoms with Gasteiger partial charge in [0, 0.05) is 31.2 Å². The van der Waals surface area contributed by atoms with E-state index < -0.39 is 0 Å². The second kappa shape index (κ2) is 9.33. The zero-order valence-electron chi connectivity index (χ0n) is 15.3. The zero-order chi connectivity index (χ0) is 18.2. The number of hydrogen-bond acceptors (Lipinski definition) is 5. The van der Waals surface area contributed by atoms with Gasteiger partial charge in [-0.05, 0) is 31.4 Å². The first-order chi connectivity index (χ1) is 12.7. The third-order valence-electron chi connectivity index (χ3n) is 4.57. The third-order valence-corrected chi connectivity index (χ3v) is 4.57. The fraction of sp³-hybridized carbons (Fsp3) is 0.526. The summed E-state index contributed by atoms with van der Waals surface area (Å²) in [7, 11) is 0. The Labute approximate surface area is 154 Å². The highest BCUT2D eigenvalue weighted by atomic mass is 16.5. The molecule has 3 rings (SSSR count). The van der Waals surface area contributed by atoms with Crippen LogP contribution < -0.4 is 10.6 Å². The smallest absolute Gasteiger partial charge is 0.319 e. The van der Waals surface area contributed by atoms with Crippen LogP contribution in [0.15, 0.2) is 34.9 Å². The lowest BCUT2D eigenvalue weighted by molar-refractivity contribution is 0.184. The van der Waals surface area contributed by atoms with Gasteiger partial charge in [0.25, 0.3) is 0 Å². The van der Waals surface area contributed by atoms with Crippen molar-refractivity contribution in [2.45, 2.75) is 51.6 Å². The van der Waals surface area contributed by atoms with Crippen molar-refractivity contribution in [2.75, 3.05) is 18.4 Å². The van der Waals surface area contributed by atoms with Gasteiger partial charge in [-0.25, -0.2) is 4.79 Å². The summed E-state index contributed by atoms with van der Waals surface area (Å²) in [5.74, 6) is 1.49. The number of aromatic nitrogens is 2. The Hall–Kier alpha value is -2.41. The molecular weight excluding hydrogens is 330 g/mol. The molecule has 140 valence electrons. The average molecular weight is 357 g/mol. The topological polar surface area (TPSA) is 83.3 Å². The molecule has 2 N–H and O–H groups in total. The fourth-order valence-electron chi connectivity index (χ4n) is 3.09. The van der Waals surface area contributed by atoms with Crippen LogP contribution in [-0.4, -0.2) is 40.2 Å². The van der Waals surface area contributed by atoms with E-state index in [9.17, 15) is 4.79 Å². The first-order valence-corrected chi connectivity index (χ1v) is 9.39. The Balaban J connectivity index is 1.38. The molecule has 1 aromatic heterocycles. The first kappa shape index (κ1) is 18.4.